The van der Waals surface area contributed by atoms with Crippen molar-refractivity contribution in [2.75, 3.05) is 13.2 Å². The first-order valence-corrected chi connectivity index (χ1v) is 13.6. The van der Waals surface area contributed by atoms with Gasteiger partial charge in [0.05, 0.1) is 24.6 Å². The largest absolute Gasteiger partial charge is 0.463 e. The molecule has 0 unspecified atom stereocenters. The van der Waals surface area contributed by atoms with E-state index in [2.05, 4.69) is 23.8 Å². The number of allylic oxidation sites excluding steroid dienone is 2. The maximum absolute atomic E-state index is 13.3. The Kier molecular flexibility index (Phi) is 15.0. The van der Waals surface area contributed by atoms with Gasteiger partial charge in [0.15, 0.2) is 0 Å². The minimum Gasteiger partial charge on any atom is -0.463 e. The fourth-order valence-corrected chi connectivity index (χ4v) is 4.25. The molecule has 0 fully saturated rings. The molecule has 39 heavy (non-hydrogen) atoms. The number of unbranched alkanes of at least 4 members (excludes halogenated alkanes) is 2. The van der Waals surface area contributed by atoms with Crippen molar-refractivity contribution in [3.05, 3.63) is 97.1 Å². The summed E-state index contributed by atoms with van der Waals surface area (Å²) in [7, 11) is 0. The first-order valence-electron chi connectivity index (χ1n) is 13.6. The monoisotopic (exact) mass is 534 g/mol. The van der Waals surface area contributed by atoms with Gasteiger partial charge in [-0.25, -0.2) is 0 Å². The molecule has 0 radical (unpaired) electrons. The molecular weight excluding hydrogens is 492 g/mol. The Labute approximate surface area is 232 Å². The van der Waals surface area contributed by atoms with Gasteiger partial charge in [0.1, 0.15) is 6.61 Å². The fourth-order valence-electron chi connectivity index (χ4n) is 4.25. The van der Waals surface area contributed by atoms with E-state index in [1.807, 2.05) is 66.7 Å². The van der Waals surface area contributed by atoms with Crippen LogP contribution in [0.2, 0.25) is 0 Å². The first kappa shape index (κ1) is 31.5. The average molecular weight is 535 g/mol. The van der Waals surface area contributed by atoms with Crippen LogP contribution in [-0.2, 0) is 32.0 Å². The standard InChI is InChI=1S/C32H42N2O5/c1-3-5-6-13-19-31(37)39-24-29(21-26-17-11-8-12-18-26)34-32(38)27(14-4-2)22-30(36)33-28(23-35)20-25-15-9-7-10-16-25/h3-4,7-12,15-18,27-29,35H,1-2,5-6,13-14,19-24H2,(H,33,36)(H,34,38)/t27-,28-,29-/m1/s1. The van der Waals surface area contributed by atoms with Crippen molar-refractivity contribution in [3.8, 4) is 0 Å². The summed E-state index contributed by atoms with van der Waals surface area (Å²) in [4.78, 5) is 38.3. The molecule has 0 saturated heterocycles. The van der Waals surface area contributed by atoms with E-state index in [9.17, 15) is 19.5 Å². The van der Waals surface area contributed by atoms with Crippen molar-refractivity contribution in [1.29, 1.82) is 0 Å². The summed E-state index contributed by atoms with van der Waals surface area (Å²) in [5, 5.41) is 15.6. The molecule has 0 heterocycles. The molecule has 3 atom stereocenters. The molecule has 0 bridgehead atoms. The number of carbonyl (C=O) groups is 3. The van der Waals surface area contributed by atoms with E-state index in [4.69, 9.17) is 4.74 Å². The molecule has 210 valence electrons. The molecule has 2 rings (SSSR count). The van der Waals surface area contributed by atoms with Gasteiger partial charge in [-0.05, 0) is 49.7 Å². The van der Waals surface area contributed by atoms with Crippen LogP contribution in [0.4, 0.5) is 0 Å². The third kappa shape index (κ3) is 13.1. The normalized spacial score (nSPS) is 12.9. The van der Waals surface area contributed by atoms with Crippen LogP contribution in [0.1, 0.15) is 49.7 Å². The molecule has 0 aliphatic rings. The van der Waals surface area contributed by atoms with Gasteiger partial charge in [-0.15, -0.1) is 13.2 Å². The van der Waals surface area contributed by atoms with Crippen LogP contribution in [0.25, 0.3) is 0 Å². The Morgan fingerprint density at radius 2 is 1.46 bits per heavy atom. The molecule has 0 aliphatic heterocycles. The van der Waals surface area contributed by atoms with E-state index >= 15 is 0 Å². The van der Waals surface area contributed by atoms with Crippen LogP contribution in [0.5, 0.6) is 0 Å². The second kappa shape index (κ2) is 18.5. The van der Waals surface area contributed by atoms with Crippen molar-refractivity contribution in [2.45, 2.75) is 63.5 Å². The van der Waals surface area contributed by atoms with Gasteiger partial charge in [0, 0.05) is 12.8 Å². The molecule has 0 aliphatic carbocycles. The third-order valence-corrected chi connectivity index (χ3v) is 6.32. The second-order valence-corrected chi connectivity index (χ2v) is 9.67. The number of rotatable bonds is 19. The van der Waals surface area contributed by atoms with E-state index in [1.54, 1.807) is 6.08 Å². The molecule has 2 amide bonds. The van der Waals surface area contributed by atoms with Crippen LogP contribution in [0, 0.1) is 5.92 Å². The summed E-state index contributed by atoms with van der Waals surface area (Å²) in [5.74, 6) is -1.58. The predicted molar refractivity (Wildman–Crippen MR) is 154 cm³/mol. The van der Waals surface area contributed by atoms with E-state index in [1.165, 1.54) is 0 Å². The highest BCUT2D eigenvalue weighted by molar-refractivity contribution is 5.86. The summed E-state index contributed by atoms with van der Waals surface area (Å²) < 4.78 is 5.50. The van der Waals surface area contributed by atoms with E-state index < -0.39 is 18.0 Å². The van der Waals surface area contributed by atoms with Gasteiger partial charge in [-0.2, -0.15) is 0 Å². The first-order chi connectivity index (χ1) is 18.9. The maximum atomic E-state index is 13.3. The van der Waals surface area contributed by atoms with Crippen molar-refractivity contribution in [3.63, 3.8) is 0 Å². The molecule has 0 aromatic heterocycles. The van der Waals surface area contributed by atoms with Crippen molar-refractivity contribution in [1.82, 2.24) is 10.6 Å². The number of nitrogens with one attached hydrogen (secondary N) is 2. The lowest BCUT2D eigenvalue weighted by Crippen LogP contribution is -2.45. The van der Waals surface area contributed by atoms with Crippen molar-refractivity contribution >= 4 is 17.8 Å². The maximum Gasteiger partial charge on any atom is 0.305 e. The van der Waals surface area contributed by atoms with Crippen molar-refractivity contribution < 1.29 is 24.2 Å². The lowest BCUT2D eigenvalue weighted by atomic mass is 9.98. The molecule has 0 saturated carbocycles. The highest BCUT2D eigenvalue weighted by Gasteiger charge is 2.25. The summed E-state index contributed by atoms with van der Waals surface area (Å²) in [5.41, 5.74) is 1.99. The number of ether oxygens (including phenoxy) is 1. The zero-order valence-corrected chi connectivity index (χ0v) is 22.7. The van der Waals surface area contributed by atoms with Gasteiger partial charge in [-0.3, -0.25) is 14.4 Å². The number of esters is 1. The van der Waals surface area contributed by atoms with E-state index in [-0.39, 0.29) is 37.4 Å². The van der Waals surface area contributed by atoms with Gasteiger partial charge < -0.3 is 20.5 Å². The van der Waals surface area contributed by atoms with Crippen LogP contribution < -0.4 is 10.6 Å². The Balaban J connectivity index is 1.98. The molecule has 3 N–H and O–H groups in total. The van der Waals surface area contributed by atoms with Crippen LogP contribution in [0.15, 0.2) is 86.0 Å². The predicted octanol–water partition coefficient (Wildman–Crippen LogP) is 4.31. The SMILES string of the molecule is C=CCCCCC(=O)OC[C@@H](Cc1ccccc1)NC(=O)[C@H](CC=C)CC(=O)N[C@@H](CO)Cc1ccccc1. The van der Waals surface area contributed by atoms with Crippen LogP contribution >= 0.6 is 0 Å². The summed E-state index contributed by atoms with van der Waals surface area (Å²) >= 11 is 0. The zero-order valence-electron chi connectivity index (χ0n) is 22.7. The quantitative estimate of drug-likeness (QED) is 0.142. The highest BCUT2D eigenvalue weighted by Crippen LogP contribution is 2.13. The Hall–Kier alpha value is -3.71. The Morgan fingerprint density at radius 3 is 2.03 bits per heavy atom. The fraction of sp³-hybridized carbons (Fsp3) is 0.406. The van der Waals surface area contributed by atoms with E-state index in [0.29, 0.717) is 25.7 Å². The number of benzene rings is 2. The number of aliphatic hydroxyl groups is 1. The van der Waals surface area contributed by atoms with Gasteiger partial charge >= 0.3 is 5.97 Å². The highest BCUT2D eigenvalue weighted by atomic mass is 16.5. The van der Waals surface area contributed by atoms with Gasteiger partial charge in [0.2, 0.25) is 11.8 Å². The third-order valence-electron chi connectivity index (χ3n) is 6.32. The molecule has 2 aromatic carbocycles. The summed E-state index contributed by atoms with van der Waals surface area (Å²) in [6.45, 7) is 7.26. The molecule has 2 aromatic rings. The number of hydrogen-bond donors (Lipinski definition) is 3. The van der Waals surface area contributed by atoms with Gasteiger partial charge in [0.25, 0.3) is 0 Å². The molecule has 7 nitrogen and oxygen atoms in total. The summed E-state index contributed by atoms with van der Waals surface area (Å²) in [6.07, 6.45) is 7.41. The summed E-state index contributed by atoms with van der Waals surface area (Å²) in [6, 6.07) is 18.3. The number of hydrogen-bond acceptors (Lipinski definition) is 5. The smallest absolute Gasteiger partial charge is 0.305 e. The molecular formula is C32H42N2O5. The average Bonchev–Trinajstić information content (AvgIpc) is 2.94. The second-order valence-electron chi connectivity index (χ2n) is 9.67. The van der Waals surface area contributed by atoms with E-state index in [0.717, 1.165) is 30.4 Å². The topological polar surface area (TPSA) is 105 Å². The number of carbonyl (C=O) groups excluding carboxylic acids is 3. The zero-order chi connectivity index (χ0) is 28.3. The number of aliphatic hydroxyl groups excluding tert-OH is 1. The van der Waals surface area contributed by atoms with Gasteiger partial charge in [-0.1, -0.05) is 72.8 Å². The minimum atomic E-state index is -0.647. The number of amides is 2. The molecule has 0 spiro atoms. The van der Waals surface area contributed by atoms with Crippen LogP contribution in [-0.4, -0.2) is 48.2 Å². The lowest BCUT2D eigenvalue weighted by molar-refractivity contribution is -0.145. The van der Waals surface area contributed by atoms with Crippen LogP contribution in [0.3, 0.4) is 0 Å². The Morgan fingerprint density at radius 1 is 0.846 bits per heavy atom. The van der Waals surface area contributed by atoms with Crippen molar-refractivity contribution in [2.24, 2.45) is 5.92 Å². The lowest BCUT2D eigenvalue weighted by Gasteiger charge is -2.23. The minimum absolute atomic E-state index is 0.0393. The molecule has 7 heteroatoms. The Bertz CT molecular complexity index is 1030.